The largest absolute Gasteiger partial charge is 0.205 e. The second-order valence-electron chi connectivity index (χ2n) is 22.9. The Bertz CT molecular complexity index is 2620. The van der Waals surface area contributed by atoms with E-state index in [1.54, 1.807) is 0 Å². The second-order valence-corrected chi connectivity index (χ2v) is 22.9. The highest BCUT2D eigenvalue weighted by atomic mass is 15.2. The van der Waals surface area contributed by atoms with Crippen LogP contribution in [0.1, 0.15) is 192 Å². The summed E-state index contributed by atoms with van der Waals surface area (Å²) >= 11 is 0. The molecule has 378 valence electrons. The number of benzene rings is 3. The van der Waals surface area contributed by atoms with Gasteiger partial charge in [-0.1, -0.05) is 215 Å². The zero-order valence-corrected chi connectivity index (χ0v) is 46.4. The molecule has 7 aromatic rings. The summed E-state index contributed by atoms with van der Waals surface area (Å²) in [6, 6.07) is 26.6. The third-order valence-corrected chi connectivity index (χ3v) is 13.9. The zero-order chi connectivity index (χ0) is 52.0. The number of rotatable bonds is 18. The van der Waals surface area contributed by atoms with E-state index in [0.717, 1.165) is 128 Å². The molecule has 0 spiro atoms. The third kappa shape index (κ3) is 11.7. The van der Waals surface area contributed by atoms with Gasteiger partial charge in [0.1, 0.15) is 17.1 Å². The molecule has 0 aliphatic heterocycles. The average Bonchev–Trinajstić information content (AvgIpc) is 3.35. The Hall–Kier alpha value is -6.09. The summed E-state index contributed by atoms with van der Waals surface area (Å²) in [6.45, 7) is 33.6. The van der Waals surface area contributed by atoms with Gasteiger partial charge in [-0.2, -0.15) is 0 Å². The molecule has 0 aliphatic rings. The predicted molar refractivity (Wildman–Crippen MR) is 299 cm³/mol. The Morgan fingerprint density at radius 2 is 0.444 bits per heavy atom. The molecule has 72 heavy (non-hydrogen) atoms. The minimum atomic E-state index is 0.0369. The Kier molecular flexibility index (Phi) is 17.0. The Labute approximate surface area is 432 Å². The average molecular weight is 964 g/mol. The van der Waals surface area contributed by atoms with Gasteiger partial charge in [-0.15, -0.1) is 30.6 Å². The molecule has 0 saturated carbocycles. The topological polar surface area (TPSA) is 116 Å². The monoisotopic (exact) mass is 964 g/mol. The minimum absolute atomic E-state index is 0.0369. The van der Waals surface area contributed by atoms with Crippen LogP contribution in [0.5, 0.6) is 0 Å². The molecular weight excluding hydrogens is 883 g/mol. The van der Waals surface area contributed by atoms with E-state index in [9.17, 15) is 0 Å². The molecule has 0 saturated heterocycles. The molecule has 3 aromatic carbocycles. The van der Waals surface area contributed by atoms with Crippen LogP contribution in [-0.2, 0) is 54.8 Å². The molecule has 0 N–H and O–H groups in total. The zero-order valence-electron chi connectivity index (χ0n) is 46.4. The molecule has 0 fully saturated rings. The first kappa shape index (κ1) is 53.7. The van der Waals surface area contributed by atoms with Crippen LogP contribution in [0.3, 0.4) is 0 Å². The van der Waals surface area contributed by atoms with Gasteiger partial charge in [0.2, 0.25) is 0 Å². The maximum atomic E-state index is 5.42. The number of hydrogen-bond acceptors (Lipinski definition) is 9. The lowest BCUT2D eigenvalue weighted by Gasteiger charge is -2.21. The highest BCUT2D eigenvalue weighted by Gasteiger charge is 2.28. The molecule has 9 heteroatoms. The third-order valence-electron chi connectivity index (χ3n) is 13.9. The lowest BCUT2D eigenvalue weighted by Crippen LogP contribution is -2.13. The van der Waals surface area contributed by atoms with Crippen LogP contribution in [0, 0.1) is 0 Å². The summed E-state index contributed by atoms with van der Waals surface area (Å²) in [5, 5.41) is 30.6. The van der Waals surface area contributed by atoms with Gasteiger partial charge in [-0.25, -0.2) is 15.0 Å². The van der Waals surface area contributed by atoms with Gasteiger partial charge in [0.25, 0.3) is 0 Å². The molecule has 0 aliphatic carbocycles. The molecule has 4 heterocycles. The van der Waals surface area contributed by atoms with Crippen molar-refractivity contribution in [1.82, 2.24) is 45.5 Å². The lowest BCUT2D eigenvalue weighted by atomic mass is 9.86. The van der Waals surface area contributed by atoms with Crippen molar-refractivity contribution in [3.8, 4) is 68.3 Å². The summed E-state index contributed by atoms with van der Waals surface area (Å²) in [7, 11) is 0. The molecule has 0 bridgehead atoms. The Morgan fingerprint density at radius 1 is 0.264 bits per heavy atom. The van der Waals surface area contributed by atoms with Crippen LogP contribution in [0.2, 0.25) is 0 Å². The molecule has 0 atom stereocenters. The molecule has 0 unspecified atom stereocenters. The van der Waals surface area contributed by atoms with E-state index in [1.807, 2.05) is 0 Å². The van der Waals surface area contributed by atoms with Gasteiger partial charge >= 0.3 is 0 Å². The van der Waals surface area contributed by atoms with E-state index in [0.29, 0.717) is 34.6 Å². The van der Waals surface area contributed by atoms with Crippen LogP contribution < -0.4 is 0 Å². The fourth-order valence-electron chi connectivity index (χ4n) is 9.95. The van der Waals surface area contributed by atoms with E-state index in [4.69, 9.17) is 45.5 Å². The summed E-state index contributed by atoms with van der Waals surface area (Å²) in [5.41, 5.74) is 18.8. The molecule has 4 aromatic heterocycles. The normalized spacial score (nSPS) is 12.2. The smallest absolute Gasteiger partial charge is 0.184 e. The highest BCUT2D eigenvalue weighted by molar-refractivity contribution is 5.75. The first-order chi connectivity index (χ1) is 34.4. The Morgan fingerprint density at radius 3 is 0.625 bits per heavy atom. The summed E-state index contributed by atoms with van der Waals surface area (Å²) in [5.74, 6) is 1.39. The van der Waals surface area contributed by atoms with Gasteiger partial charge in [-0.3, -0.25) is 0 Å². The summed E-state index contributed by atoms with van der Waals surface area (Å²) in [6.07, 6.45) is 10.5. The van der Waals surface area contributed by atoms with Crippen LogP contribution >= 0.6 is 0 Å². The van der Waals surface area contributed by atoms with Gasteiger partial charge in [-0.05, 0) is 105 Å². The fourth-order valence-corrected chi connectivity index (χ4v) is 9.95. The molecule has 0 amide bonds. The molecular formula is C63H81N9. The molecule has 7 rings (SSSR count). The second kappa shape index (κ2) is 22.8. The SMILES string of the molecule is CCCc1c(-c2ccc(C(C)(C)C)cc2)nnc(-c2nc(-c3nnc(-c4ccc(C(C)(C)C)cc4)c(CCC)c3CCC)nc(-c3nnc(-c4ccc(C(C)(C)C)cc4)c(CCC)c3CCC)n2)c1CCC. The number of nitrogens with zero attached hydrogens (tertiary/aromatic N) is 9. The standard InChI is InChI=1S/C63H81N9/c1-16-22-46-49(25-19-4)55(70-67-52(46)40-28-34-43(35-29-40)61(7,8)9)58-64-59(56-50(26-20-5)47(23-17-2)53(68-71-56)41-30-36-44(37-31-41)62(10,11)12)66-60(65-58)57-51(27-21-6)48(24-18-3)54(69-72-57)42-32-38-45(39-33-42)63(13,14)15/h28-39H,16-27H2,1-15H3. The summed E-state index contributed by atoms with van der Waals surface area (Å²) in [4.78, 5) is 16.3. The van der Waals surface area contributed by atoms with Crippen molar-refractivity contribution in [2.24, 2.45) is 0 Å². The van der Waals surface area contributed by atoms with Crippen molar-refractivity contribution in [2.45, 2.75) is 197 Å². The van der Waals surface area contributed by atoms with Gasteiger partial charge in [0.05, 0.1) is 17.1 Å². The first-order valence-electron chi connectivity index (χ1n) is 27.1. The first-order valence-corrected chi connectivity index (χ1v) is 27.1. The van der Waals surface area contributed by atoms with Crippen LogP contribution in [-0.4, -0.2) is 45.5 Å². The highest BCUT2D eigenvalue weighted by Crippen LogP contribution is 2.38. The van der Waals surface area contributed by atoms with Gasteiger partial charge < -0.3 is 0 Å². The van der Waals surface area contributed by atoms with E-state index < -0.39 is 0 Å². The quantitative estimate of drug-likeness (QED) is 0.0829. The molecule has 0 radical (unpaired) electrons. The van der Waals surface area contributed by atoms with Crippen molar-refractivity contribution in [1.29, 1.82) is 0 Å². The van der Waals surface area contributed by atoms with E-state index in [-0.39, 0.29) is 16.2 Å². The van der Waals surface area contributed by atoms with Crippen molar-refractivity contribution >= 4 is 0 Å². The van der Waals surface area contributed by atoms with Crippen molar-refractivity contribution in [3.63, 3.8) is 0 Å². The van der Waals surface area contributed by atoms with Crippen molar-refractivity contribution in [2.75, 3.05) is 0 Å². The lowest BCUT2D eigenvalue weighted by molar-refractivity contribution is 0.590. The van der Waals surface area contributed by atoms with Crippen LogP contribution in [0.15, 0.2) is 72.8 Å². The van der Waals surface area contributed by atoms with E-state index in [1.165, 1.54) is 33.4 Å². The maximum absolute atomic E-state index is 5.42. The predicted octanol–water partition coefficient (Wildman–Crippen LogP) is 15.9. The van der Waals surface area contributed by atoms with Crippen LogP contribution in [0.4, 0.5) is 0 Å². The van der Waals surface area contributed by atoms with Crippen molar-refractivity contribution in [3.05, 3.63) is 123 Å². The minimum Gasteiger partial charge on any atom is -0.205 e. The number of hydrogen-bond donors (Lipinski definition) is 0. The molecule has 9 nitrogen and oxygen atoms in total. The van der Waals surface area contributed by atoms with E-state index >= 15 is 0 Å². The van der Waals surface area contributed by atoms with E-state index in [2.05, 4.69) is 177 Å². The van der Waals surface area contributed by atoms with Crippen LogP contribution in [0.25, 0.3) is 68.3 Å². The van der Waals surface area contributed by atoms with Crippen molar-refractivity contribution < 1.29 is 0 Å². The van der Waals surface area contributed by atoms with Gasteiger partial charge in [0, 0.05) is 16.7 Å². The number of aromatic nitrogens is 9. The summed E-state index contributed by atoms with van der Waals surface area (Å²) < 4.78 is 0. The van der Waals surface area contributed by atoms with Gasteiger partial charge in [0.15, 0.2) is 17.5 Å². The Balaban J connectivity index is 1.53. The fraction of sp³-hybridized carbons (Fsp3) is 0.476. The maximum Gasteiger partial charge on any atom is 0.184 e.